The molecule has 3 aromatic rings. The second-order valence-electron chi connectivity index (χ2n) is 10.8. The van der Waals surface area contributed by atoms with Crippen LogP contribution in [0.5, 0.6) is 0 Å². The van der Waals surface area contributed by atoms with Crippen molar-refractivity contribution < 1.29 is 9.53 Å². The van der Waals surface area contributed by atoms with Gasteiger partial charge in [0.25, 0.3) is 0 Å². The minimum Gasteiger partial charge on any atom is -0.375 e. The molecule has 0 spiro atoms. The number of rotatable bonds is 7. The van der Waals surface area contributed by atoms with Gasteiger partial charge in [-0.25, -0.2) is 9.97 Å². The third-order valence-electron chi connectivity index (χ3n) is 8.27. The van der Waals surface area contributed by atoms with E-state index in [9.17, 15) is 4.79 Å². The van der Waals surface area contributed by atoms with E-state index in [1.807, 2.05) is 12.4 Å². The minimum atomic E-state index is 0.224. The van der Waals surface area contributed by atoms with Crippen LogP contribution in [0, 0.1) is 5.92 Å². The summed E-state index contributed by atoms with van der Waals surface area (Å²) in [5, 5.41) is 11.0. The first kappa shape index (κ1) is 24.6. The van der Waals surface area contributed by atoms with Crippen molar-refractivity contribution in [1.29, 1.82) is 0 Å². The van der Waals surface area contributed by atoms with Crippen molar-refractivity contribution in [3.05, 3.63) is 41.7 Å². The van der Waals surface area contributed by atoms with Gasteiger partial charge in [-0.05, 0) is 56.9 Å². The average Bonchev–Trinajstić information content (AvgIpc) is 3.67. The topological polar surface area (TPSA) is 81.1 Å². The molecular formula is C29H35N5O2S. The number of carbonyl (C=O) groups is 1. The Balaban J connectivity index is 1.04. The highest BCUT2D eigenvalue weighted by Gasteiger charge is 2.26. The Bertz CT molecular complexity index is 1160. The average molecular weight is 518 g/mol. The normalized spacial score (nSPS) is 23.4. The Hall–Kier alpha value is -2.71. The molecule has 0 N–H and O–H groups in total. The lowest BCUT2D eigenvalue weighted by molar-refractivity contribution is -0.111. The van der Waals surface area contributed by atoms with Crippen molar-refractivity contribution in [2.75, 3.05) is 18.0 Å². The van der Waals surface area contributed by atoms with Crippen molar-refractivity contribution in [2.45, 2.75) is 82.3 Å². The van der Waals surface area contributed by atoms with Crippen LogP contribution in [0.3, 0.4) is 0 Å². The number of aromatic nitrogens is 4. The van der Waals surface area contributed by atoms with Gasteiger partial charge in [-0.1, -0.05) is 48.4 Å². The van der Waals surface area contributed by atoms with Crippen LogP contribution in [0.15, 0.2) is 36.7 Å². The SMILES string of the molecule is O=C[C@H]1CC[C@H](c2nnc(-c3ccc(-c4cnc(N5CCC(OC6CCCC6)CC5)nc4)cc3)s2)CC1. The smallest absolute Gasteiger partial charge is 0.225 e. The third-order valence-corrected chi connectivity index (χ3v) is 9.40. The Morgan fingerprint density at radius 3 is 2.11 bits per heavy atom. The maximum absolute atomic E-state index is 11.0. The molecule has 3 fully saturated rings. The fourth-order valence-electron chi connectivity index (χ4n) is 5.95. The van der Waals surface area contributed by atoms with Crippen LogP contribution in [-0.4, -0.2) is 51.7 Å². The number of hydrogen-bond acceptors (Lipinski definition) is 8. The first-order valence-electron chi connectivity index (χ1n) is 13.9. The fourth-order valence-corrected chi connectivity index (χ4v) is 6.96. The van der Waals surface area contributed by atoms with Gasteiger partial charge >= 0.3 is 0 Å². The molecule has 6 rings (SSSR count). The summed E-state index contributed by atoms with van der Waals surface area (Å²) in [6.07, 6.45) is 17.0. The monoisotopic (exact) mass is 517 g/mol. The lowest BCUT2D eigenvalue weighted by atomic mass is 9.83. The molecule has 8 heteroatoms. The number of hydrogen-bond donors (Lipinski definition) is 0. The Morgan fingerprint density at radius 1 is 0.784 bits per heavy atom. The predicted molar refractivity (Wildman–Crippen MR) is 146 cm³/mol. The van der Waals surface area contributed by atoms with Crippen molar-refractivity contribution in [2.24, 2.45) is 5.92 Å². The van der Waals surface area contributed by atoms with Gasteiger partial charge in [0.2, 0.25) is 5.95 Å². The van der Waals surface area contributed by atoms with Crippen LogP contribution >= 0.6 is 11.3 Å². The molecule has 0 amide bonds. The zero-order chi connectivity index (χ0) is 25.0. The number of ether oxygens (including phenoxy) is 1. The molecule has 0 atom stereocenters. The largest absolute Gasteiger partial charge is 0.375 e. The van der Waals surface area contributed by atoms with Gasteiger partial charge in [-0.3, -0.25) is 0 Å². The van der Waals surface area contributed by atoms with E-state index in [1.165, 1.54) is 25.7 Å². The first-order valence-corrected chi connectivity index (χ1v) is 14.7. The van der Waals surface area contributed by atoms with Gasteiger partial charge < -0.3 is 14.4 Å². The zero-order valence-electron chi connectivity index (χ0n) is 21.3. The lowest BCUT2D eigenvalue weighted by Crippen LogP contribution is -2.39. The number of anilines is 1. The van der Waals surface area contributed by atoms with Crippen LogP contribution in [0.25, 0.3) is 21.7 Å². The molecule has 37 heavy (non-hydrogen) atoms. The number of nitrogens with zero attached hydrogens (tertiary/aromatic N) is 5. The molecular weight excluding hydrogens is 482 g/mol. The summed E-state index contributed by atoms with van der Waals surface area (Å²) in [4.78, 5) is 22.7. The van der Waals surface area contributed by atoms with E-state index in [0.29, 0.717) is 18.1 Å². The summed E-state index contributed by atoms with van der Waals surface area (Å²) in [7, 11) is 0. The molecule has 194 valence electrons. The molecule has 7 nitrogen and oxygen atoms in total. The van der Waals surface area contributed by atoms with Crippen molar-refractivity contribution in [3.63, 3.8) is 0 Å². The molecule has 2 saturated carbocycles. The molecule has 0 radical (unpaired) electrons. The molecule has 1 saturated heterocycles. The molecule has 1 aromatic carbocycles. The number of carbonyl (C=O) groups excluding carboxylic acids is 1. The van der Waals surface area contributed by atoms with E-state index in [-0.39, 0.29) is 5.92 Å². The number of piperidine rings is 1. The number of aldehydes is 1. The van der Waals surface area contributed by atoms with E-state index in [2.05, 4.69) is 49.3 Å². The van der Waals surface area contributed by atoms with Gasteiger partial charge in [0.05, 0.1) is 12.2 Å². The third kappa shape index (κ3) is 5.75. The summed E-state index contributed by atoms with van der Waals surface area (Å²) in [5.41, 5.74) is 3.19. The molecule has 3 heterocycles. The minimum absolute atomic E-state index is 0.224. The Morgan fingerprint density at radius 2 is 1.43 bits per heavy atom. The second kappa shape index (κ2) is 11.4. The van der Waals surface area contributed by atoms with E-state index in [1.54, 1.807) is 11.3 Å². The van der Waals surface area contributed by atoms with Gasteiger partial charge in [-0.15, -0.1) is 10.2 Å². The second-order valence-corrected chi connectivity index (χ2v) is 11.8. The van der Waals surface area contributed by atoms with E-state index in [4.69, 9.17) is 4.74 Å². The molecule has 1 aliphatic heterocycles. The van der Waals surface area contributed by atoms with E-state index >= 15 is 0 Å². The zero-order valence-corrected chi connectivity index (χ0v) is 22.1. The molecule has 0 unspecified atom stereocenters. The van der Waals surface area contributed by atoms with Crippen LogP contribution in [0.1, 0.15) is 75.1 Å². The van der Waals surface area contributed by atoms with Gasteiger partial charge in [-0.2, -0.15) is 0 Å². The fraction of sp³-hybridized carbons (Fsp3) is 0.552. The van der Waals surface area contributed by atoms with E-state index < -0.39 is 0 Å². The summed E-state index contributed by atoms with van der Waals surface area (Å²) >= 11 is 1.68. The van der Waals surface area contributed by atoms with Crippen molar-refractivity contribution >= 4 is 23.6 Å². The summed E-state index contributed by atoms with van der Waals surface area (Å²) in [6, 6.07) is 8.42. The standard InChI is InChI=1S/C29H35N5O2S/c35-19-20-5-7-22(8-6-20)27-32-33-28(37-27)23-11-9-21(10-12-23)24-17-30-29(31-18-24)34-15-13-26(14-16-34)36-25-3-1-2-4-25/h9-12,17-20,22,25-26H,1-8,13-16H2/t20-,22-. The first-order chi connectivity index (χ1) is 18.2. The molecule has 2 aromatic heterocycles. The summed E-state index contributed by atoms with van der Waals surface area (Å²) < 4.78 is 6.31. The van der Waals surface area contributed by atoms with Crippen LogP contribution in [0.2, 0.25) is 0 Å². The van der Waals surface area contributed by atoms with E-state index in [0.717, 1.165) is 90.6 Å². The lowest BCUT2D eigenvalue weighted by Gasteiger charge is -2.33. The number of benzene rings is 1. The Kier molecular flexibility index (Phi) is 7.55. The van der Waals surface area contributed by atoms with Crippen molar-refractivity contribution in [1.82, 2.24) is 20.2 Å². The van der Waals surface area contributed by atoms with Crippen LogP contribution in [-0.2, 0) is 9.53 Å². The highest BCUT2D eigenvalue weighted by atomic mass is 32.1. The van der Waals surface area contributed by atoms with Crippen molar-refractivity contribution in [3.8, 4) is 21.7 Å². The van der Waals surface area contributed by atoms with Crippen LogP contribution in [0.4, 0.5) is 5.95 Å². The Labute approximate surface area is 222 Å². The molecule has 3 aliphatic rings. The maximum atomic E-state index is 11.0. The maximum Gasteiger partial charge on any atom is 0.225 e. The summed E-state index contributed by atoms with van der Waals surface area (Å²) in [5.74, 6) is 1.47. The predicted octanol–water partition coefficient (Wildman–Crippen LogP) is 6.06. The highest BCUT2D eigenvalue weighted by molar-refractivity contribution is 7.14. The molecule has 2 aliphatic carbocycles. The molecule has 0 bridgehead atoms. The van der Waals surface area contributed by atoms with Crippen LogP contribution < -0.4 is 4.90 Å². The van der Waals surface area contributed by atoms with Gasteiger partial charge in [0, 0.05) is 48.4 Å². The van der Waals surface area contributed by atoms with Gasteiger partial charge in [0.1, 0.15) is 16.3 Å². The quantitative estimate of drug-likeness (QED) is 0.352. The highest BCUT2D eigenvalue weighted by Crippen LogP contribution is 2.38. The van der Waals surface area contributed by atoms with Gasteiger partial charge in [0.15, 0.2) is 0 Å². The summed E-state index contributed by atoms with van der Waals surface area (Å²) in [6.45, 7) is 1.90.